The topological polar surface area (TPSA) is 81.4 Å². The zero-order chi connectivity index (χ0) is 19.2. The molecule has 3 N–H and O–H groups in total. The van der Waals surface area contributed by atoms with Crippen LogP contribution >= 0.6 is 0 Å². The van der Waals surface area contributed by atoms with Crippen LogP contribution in [0.3, 0.4) is 0 Å². The minimum Gasteiger partial charge on any atom is -0.495 e. The monoisotopic (exact) mass is 372 g/mol. The van der Waals surface area contributed by atoms with Crippen molar-refractivity contribution in [1.82, 2.24) is 5.32 Å². The van der Waals surface area contributed by atoms with E-state index in [0.717, 1.165) is 11.1 Å². The van der Waals surface area contributed by atoms with Crippen LogP contribution in [0.15, 0.2) is 78.7 Å². The SMILES string of the molecule is C=C[C@H](Cc1ccc(OC)c(S(N)(=O)=O)c1)N[C@H](C=C)c1ccccc1. The van der Waals surface area contributed by atoms with Crippen LogP contribution in [-0.2, 0) is 16.4 Å². The van der Waals surface area contributed by atoms with Gasteiger partial charge in [-0.2, -0.15) is 0 Å². The van der Waals surface area contributed by atoms with Gasteiger partial charge in [-0.15, -0.1) is 13.2 Å². The van der Waals surface area contributed by atoms with E-state index in [1.807, 2.05) is 42.5 Å². The minimum absolute atomic E-state index is 0.0244. The van der Waals surface area contributed by atoms with Gasteiger partial charge in [0, 0.05) is 6.04 Å². The minimum atomic E-state index is -3.87. The molecule has 0 radical (unpaired) electrons. The van der Waals surface area contributed by atoms with E-state index in [1.165, 1.54) is 13.2 Å². The van der Waals surface area contributed by atoms with Crippen molar-refractivity contribution in [1.29, 1.82) is 0 Å². The Morgan fingerprint density at radius 2 is 1.85 bits per heavy atom. The molecule has 2 aromatic carbocycles. The molecule has 0 heterocycles. The Kier molecular flexibility index (Phi) is 6.74. The normalized spacial score (nSPS) is 13.6. The molecule has 26 heavy (non-hydrogen) atoms. The molecule has 2 atom stereocenters. The number of rotatable bonds is 9. The Morgan fingerprint density at radius 1 is 1.15 bits per heavy atom. The Balaban J connectivity index is 2.22. The fourth-order valence-electron chi connectivity index (χ4n) is 2.73. The number of ether oxygens (including phenoxy) is 1. The quantitative estimate of drug-likeness (QED) is 0.663. The number of benzene rings is 2. The highest BCUT2D eigenvalue weighted by Crippen LogP contribution is 2.25. The fourth-order valence-corrected chi connectivity index (χ4v) is 3.47. The van der Waals surface area contributed by atoms with Gasteiger partial charge in [0.05, 0.1) is 13.2 Å². The van der Waals surface area contributed by atoms with Gasteiger partial charge >= 0.3 is 0 Å². The maximum absolute atomic E-state index is 11.8. The Hall–Kier alpha value is -2.41. The predicted molar refractivity (Wildman–Crippen MR) is 105 cm³/mol. The highest BCUT2D eigenvalue weighted by Gasteiger charge is 2.18. The molecule has 0 bridgehead atoms. The molecule has 138 valence electrons. The lowest BCUT2D eigenvalue weighted by atomic mass is 10.0. The molecule has 0 aromatic heterocycles. The van der Waals surface area contributed by atoms with E-state index in [9.17, 15) is 8.42 Å². The predicted octanol–water partition coefficient (Wildman–Crippen LogP) is 2.96. The summed E-state index contributed by atoms with van der Waals surface area (Å²) in [5.41, 5.74) is 1.90. The first kappa shape index (κ1) is 19.9. The highest BCUT2D eigenvalue weighted by atomic mass is 32.2. The van der Waals surface area contributed by atoms with Crippen molar-refractivity contribution in [2.45, 2.75) is 23.4 Å². The van der Waals surface area contributed by atoms with E-state index in [1.54, 1.807) is 12.1 Å². The number of methoxy groups -OCH3 is 1. The number of nitrogens with two attached hydrogens (primary N) is 1. The van der Waals surface area contributed by atoms with Gasteiger partial charge in [-0.1, -0.05) is 48.6 Å². The molecule has 2 rings (SSSR count). The summed E-state index contributed by atoms with van der Waals surface area (Å²) in [7, 11) is -2.46. The largest absolute Gasteiger partial charge is 0.495 e. The molecule has 0 saturated heterocycles. The van der Waals surface area contributed by atoms with E-state index in [-0.39, 0.29) is 22.7 Å². The molecule has 6 heteroatoms. The van der Waals surface area contributed by atoms with Crippen molar-refractivity contribution < 1.29 is 13.2 Å². The average Bonchev–Trinajstić information content (AvgIpc) is 2.65. The van der Waals surface area contributed by atoms with Crippen molar-refractivity contribution in [3.63, 3.8) is 0 Å². The Labute approximate surface area is 155 Å². The molecule has 0 spiro atoms. The van der Waals surface area contributed by atoms with Crippen LogP contribution in [0.4, 0.5) is 0 Å². The van der Waals surface area contributed by atoms with Gasteiger partial charge in [0.2, 0.25) is 10.0 Å². The molecule has 0 unspecified atom stereocenters. The summed E-state index contributed by atoms with van der Waals surface area (Å²) in [6.07, 6.45) is 4.17. The van der Waals surface area contributed by atoms with Crippen LogP contribution in [0, 0.1) is 0 Å². The van der Waals surface area contributed by atoms with Gasteiger partial charge < -0.3 is 10.1 Å². The molecule has 2 aromatic rings. The van der Waals surface area contributed by atoms with Gasteiger partial charge in [0.25, 0.3) is 0 Å². The summed E-state index contributed by atoms with van der Waals surface area (Å²) >= 11 is 0. The summed E-state index contributed by atoms with van der Waals surface area (Å²) in [6.45, 7) is 7.77. The van der Waals surface area contributed by atoms with E-state index in [4.69, 9.17) is 9.88 Å². The van der Waals surface area contributed by atoms with Gasteiger partial charge in [-0.05, 0) is 29.7 Å². The van der Waals surface area contributed by atoms with Crippen LogP contribution in [-0.4, -0.2) is 21.6 Å². The van der Waals surface area contributed by atoms with Gasteiger partial charge in [0.15, 0.2) is 0 Å². The summed E-state index contributed by atoms with van der Waals surface area (Å²) in [5.74, 6) is 0.229. The van der Waals surface area contributed by atoms with Gasteiger partial charge in [0.1, 0.15) is 10.6 Å². The third-order valence-electron chi connectivity index (χ3n) is 4.06. The number of hydrogen-bond donors (Lipinski definition) is 2. The lowest BCUT2D eigenvalue weighted by molar-refractivity contribution is 0.402. The summed E-state index contributed by atoms with van der Waals surface area (Å²) in [5, 5.41) is 8.74. The number of sulfonamides is 1. The Bertz CT molecular complexity index is 864. The molecule has 0 fully saturated rings. The maximum atomic E-state index is 11.8. The number of primary sulfonamides is 1. The van der Waals surface area contributed by atoms with Crippen LogP contribution < -0.4 is 15.2 Å². The van der Waals surface area contributed by atoms with E-state index in [2.05, 4.69) is 18.5 Å². The second-order valence-corrected chi connectivity index (χ2v) is 7.40. The molecule has 5 nitrogen and oxygen atoms in total. The summed E-state index contributed by atoms with van der Waals surface area (Å²) in [6, 6.07) is 14.8. The molecular formula is C20H24N2O3S. The molecule has 0 aliphatic heterocycles. The van der Waals surface area contributed by atoms with E-state index in [0.29, 0.717) is 6.42 Å². The van der Waals surface area contributed by atoms with Crippen LogP contribution in [0.25, 0.3) is 0 Å². The third-order valence-corrected chi connectivity index (χ3v) is 4.99. The van der Waals surface area contributed by atoms with Crippen molar-refractivity contribution in [3.05, 3.63) is 85.0 Å². The zero-order valence-electron chi connectivity index (χ0n) is 14.8. The molecular weight excluding hydrogens is 348 g/mol. The van der Waals surface area contributed by atoms with E-state index < -0.39 is 10.0 Å². The third kappa shape index (κ3) is 5.05. The lowest BCUT2D eigenvalue weighted by Crippen LogP contribution is -2.32. The van der Waals surface area contributed by atoms with Crippen LogP contribution in [0.2, 0.25) is 0 Å². The first-order chi connectivity index (χ1) is 12.4. The average molecular weight is 372 g/mol. The van der Waals surface area contributed by atoms with Crippen LogP contribution in [0.1, 0.15) is 17.2 Å². The smallest absolute Gasteiger partial charge is 0.241 e. The summed E-state index contributed by atoms with van der Waals surface area (Å²) < 4.78 is 28.6. The molecule has 0 aliphatic rings. The van der Waals surface area contributed by atoms with Crippen molar-refractivity contribution in [3.8, 4) is 5.75 Å². The molecule has 0 saturated carbocycles. The fraction of sp³-hybridized carbons (Fsp3) is 0.200. The zero-order valence-corrected chi connectivity index (χ0v) is 15.6. The first-order valence-electron chi connectivity index (χ1n) is 8.15. The van der Waals surface area contributed by atoms with Crippen molar-refractivity contribution in [2.75, 3.05) is 7.11 Å². The standard InChI is InChI=1S/C20H24N2O3S/c1-4-17(22-18(5-2)16-9-7-6-8-10-16)13-15-11-12-19(25-3)20(14-15)26(21,23)24/h4-12,14,17-18,22H,1-2,13H2,3H3,(H2,21,23,24)/t17-,18-/m1/s1. The van der Waals surface area contributed by atoms with Crippen molar-refractivity contribution >= 4 is 10.0 Å². The second kappa shape index (κ2) is 8.80. The maximum Gasteiger partial charge on any atom is 0.241 e. The van der Waals surface area contributed by atoms with Crippen LogP contribution in [0.5, 0.6) is 5.75 Å². The van der Waals surface area contributed by atoms with E-state index >= 15 is 0 Å². The van der Waals surface area contributed by atoms with Gasteiger partial charge in [-0.3, -0.25) is 0 Å². The highest BCUT2D eigenvalue weighted by molar-refractivity contribution is 7.89. The number of hydrogen-bond acceptors (Lipinski definition) is 4. The molecule has 0 aliphatic carbocycles. The van der Waals surface area contributed by atoms with Crippen molar-refractivity contribution in [2.24, 2.45) is 5.14 Å². The molecule has 0 amide bonds. The Morgan fingerprint density at radius 3 is 2.38 bits per heavy atom. The second-order valence-electron chi connectivity index (χ2n) is 5.87. The summed E-state index contributed by atoms with van der Waals surface area (Å²) in [4.78, 5) is -0.0244. The van der Waals surface area contributed by atoms with Gasteiger partial charge in [-0.25, -0.2) is 13.6 Å². The number of nitrogens with one attached hydrogen (secondary N) is 1. The lowest BCUT2D eigenvalue weighted by Gasteiger charge is -2.22. The first-order valence-corrected chi connectivity index (χ1v) is 9.69.